The van der Waals surface area contributed by atoms with Crippen LogP contribution in [0.4, 0.5) is 17.1 Å². The van der Waals surface area contributed by atoms with Gasteiger partial charge in [-0.2, -0.15) is 5.26 Å². The lowest BCUT2D eigenvalue weighted by molar-refractivity contribution is -0.384. The Balaban J connectivity index is 1.69. The van der Waals surface area contributed by atoms with Crippen molar-refractivity contribution < 1.29 is 9.66 Å². The SMILES string of the molecule is N#Cc1cc([N+](=O)[O-])ccc1Nc1ccc(OC2CCNCC2)cc1. The zero-order valence-corrected chi connectivity index (χ0v) is 13.6. The zero-order chi connectivity index (χ0) is 17.6. The second-order valence-electron chi connectivity index (χ2n) is 5.82. The Labute approximate surface area is 145 Å². The fraction of sp³-hybridized carbons (Fsp3) is 0.278. The Bertz CT molecular complexity index is 793. The number of non-ortho nitro benzene ring substituents is 1. The Kier molecular flexibility index (Phi) is 5.11. The number of nitrogens with zero attached hydrogens (tertiary/aromatic N) is 2. The number of anilines is 2. The molecule has 1 fully saturated rings. The topological polar surface area (TPSA) is 100 Å². The summed E-state index contributed by atoms with van der Waals surface area (Å²) in [5, 5.41) is 26.4. The van der Waals surface area contributed by atoms with E-state index in [-0.39, 0.29) is 17.4 Å². The number of hydrogen-bond donors (Lipinski definition) is 2. The fourth-order valence-electron chi connectivity index (χ4n) is 2.73. The lowest BCUT2D eigenvalue weighted by Crippen LogP contribution is -2.34. The number of nitro groups is 1. The van der Waals surface area contributed by atoms with Crippen LogP contribution in [0.2, 0.25) is 0 Å². The molecule has 2 N–H and O–H groups in total. The van der Waals surface area contributed by atoms with Crippen molar-refractivity contribution in [3.63, 3.8) is 0 Å². The summed E-state index contributed by atoms with van der Waals surface area (Å²) in [7, 11) is 0. The average molecular weight is 338 g/mol. The summed E-state index contributed by atoms with van der Waals surface area (Å²) in [4.78, 5) is 10.3. The van der Waals surface area contributed by atoms with Gasteiger partial charge in [-0.1, -0.05) is 0 Å². The van der Waals surface area contributed by atoms with Gasteiger partial charge in [0.2, 0.25) is 0 Å². The molecule has 0 radical (unpaired) electrons. The highest BCUT2D eigenvalue weighted by molar-refractivity contribution is 5.68. The van der Waals surface area contributed by atoms with E-state index in [1.165, 1.54) is 18.2 Å². The van der Waals surface area contributed by atoms with Crippen molar-refractivity contribution in [3.05, 3.63) is 58.1 Å². The molecule has 0 atom stereocenters. The van der Waals surface area contributed by atoms with Crippen LogP contribution in [0.3, 0.4) is 0 Å². The van der Waals surface area contributed by atoms with Crippen LogP contribution in [0.25, 0.3) is 0 Å². The summed E-state index contributed by atoms with van der Waals surface area (Å²) in [6.07, 6.45) is 2.22. The minimum absolute atomic E-state index is 0.104. The Hall–Kier alpha value is -3.11. The molecular formula is C18H18N4O3. The van der Waals surface area contributed by atoms with Crippen LogP contribution >= 0.6 is 0 Å². The first kappa shape index (κ1) is 16.7. The van der Waals surface area contributed by atoms with Gasteiger partial charge in [0, 0.05) is 17.8 Å². The van der Waals surface area contributed by atoms with Crippen molar-refractivity contribution in [2.45, 2.75) is 18.9 Å². The van der Waals surface area contributed by atoms with Gasteiger partial charge in [-0.05, 0) is 56.3 Å². The van der Waals surface area contributed by atoms with Crippen molar-refractivity contribution in [1.82, 2.24) is 5.32 Å². The van der Waals surface area contributed by atoms with E-state index < -0.39 is 4.92 Å². The molecule has 0 unspecified atom stereocenters. The number of ether oxygens (including phenoxy) is 1. The monoisotopic (exact) mass is 338 g/mol. The van der Waals surface area contributed by atoms with Crippen LogP contribution in [0.5, 0.6) is 5.75 Å². The number of piperidine rings is 1. The number of benzene rings is 2. The molecule has 0 aliphatic carbocycles. The molecule has 1 saturated heterocycles. The number of hydrogen-bond acceptors (Lipinski definition) is 6. The van der Waals surface area contributed by atoms with Crippen LogP contribution < -0.4 is 15.4 Å². The molecule has 1 heterocycles. The standard InChI is InChI=1S/C18H18N4O3/c19-12-13-11-15(22(23)24)3-6-18(13)21-14-1-4-16(5-2-14)25-17-7-9-20-10-8-17/h1-6,11,17,20-21H,7-10H2. The van der Waals surface area contributed by atoms with Gasteiger partial charge in [-0.25, -0.2) is 0 Å². The third-order valence-electron chi connectivity index (χ3n) is 4.06. The molecule has 1 aliphatic heterocycles. The van der Waals surface area contributed by atoms with Crippen LogP contribution in [-0.4, -0.2) is 24.1 Å². The molecule has 25 heavy (non-hydrogen) atoms. The molecular weight excluding hydrogens is 320 g/mol. The molecule has 0 saturated carbocycles. The third kappa shape index (κ3) is 4.25. The first-order valence-electron chi connectivity index (χ1n) is 8.09. The van der Waals surface area contributed by atoms with E-state index in [1.54, 1.807) is 0 Å². The summed E-state index contributed by atoms with van der Waals surface area (Å²) in [5.41, 5.74) is 1.43. The average Bonchev–Trinajstić information content (AvgIpc) is 2.64. The molecule has 0 spiro atoms. The summed E-state index contributed by atoms with van der Waals surface area (Å²) < 4.78 is 5.95. The number of nitro benzene ring substituents is 1. The molecule has 3 rings (SSSR count). The van der Waals surface area contributed by atoms with Crippen LogP contribution in [0, 0.1) is 21.4 Å². The molecule has 0 bridgehead atoms. The predicted molar refractivity (Wildman–Crippen MR) is 94.1 cm³/mol. The Morgan fingerprint density at radius 2 is 1.92 bits per heavy atom. The van der Waals surface area contributed by atoms with E-state index in [2.05, 4.69) is 10.6 Å². The van der Waals surface area contributed by atoms with Crippen molar-refractivity contribution in [3.8, 4) is 11.8 Å². The maximum absolute atomic E-state index is 10.8. The highest BCUT2D eigenvalue weighted by Gasteiger charge is 2.14. The summed E-state index contributed by atoms with van der Waals surface area (Å²) in [5.74, 6) is 0.807. The highest BCUT2D eigenvalue weighted by atomic mass is 16.6. The minimum atomic E-state index is -0.516. The van der Waals surface area contributed by atoms with E-state index >= 15 is 0 Å². The maximum Gasteiger partial charge on any atom is 0.270 e. The van der Waals surface area contributed by atoms with Crippen LogP contribution in [0.1, 0.15) is 18.4 Å². The van der Waals surface area contributed by atoms with Gasteiger partial charge >= 0.3 is 0 Å². The van der Waals surface area contributed by atoms with E-state index in [1.807, 2.05) is 30.3 Å². The Morgan fingerprint density at radius 1 is 1.20 bits per heavy atom. The number of nitriles is 1. The van der Waals surface area contributed by atoms with Gasteiger partial charge in [-0.3, -0.25) is 10.1 Å². The van der Waals surface area contributed by atoms with Gasteiger partial charge in [0.25, 0.3) is 5.69 Å². The van der Waals surface area contributed by atoms with Crippen molar-refractivity contribution >= 4 is 17.1 Å². The van der Waals surface area contributed by atoms with Gasteiger partial charge in [0.15, 0.2) is 0 Å². The van der Waals surface area contributed by atoms with Crippen molar-refractivity contribution in [1.29, 1.82) is 5.26 Å². The summed E-state index contributed by atoms with van der Waals surface area (Å²) >= 11 is 0. The van der Waals surface area contributed by atoms with Gasteiger partial charge in [-0.15, -0.1) is 0 Å². The lowest BCUT2D eigenvalue weighted by atomic mass is 10.1. The van der Waals surface area contributed by atoms with Crippen LogP contribution in [-0.2, 0) is 0 Å². The number of rotatable bonds is 5. The fourth-order valence-corrected chi connectivity index (χ4v) is 2.73. The zero-order valence-electron chi connectivity index (χ0n) is 13.6. The quantitative estimate of drug-likeness (QED) is 0.640. The summed E-state index contributed by atoms with van der Waals surface area (Å²) in [6.45, 7) is 1.95. The first-order valence-corrected chi connectivity index (χ1v) is 8.09. The van der Waals surface area contributed by atoms with Gasteiger partial charge in [0.05, 0.1) is 16.2 Å². The smallest absolute Gasteiger partial charge is 0.270 e. The van der Waals surface area contributed by atoms with Gasteiger partial charge in [0.1, 0.15) is 17.9 Å². The molecule has 7 nitrogen and oxygen atoms in total. The molecule has 7 heteroatoms. The van der Waals surface area contributed by atoms with E-state index in [9.17, 15) is 15.4 Å². The molecule has 0 amide bonds. The minimum Gasteiger partial charge on any atom is -0.490 e. The van der Waals surface area contributed by atoms with Crippen molar-refractivity contribution in [2.24, 2.45) is 0 Å². The Morgan fingerprint density at radius 3 is 2.56 bits per heavy atom. The predicted octanol–water partition coefficient (Wildman–Crippen LogP) is 3.34. The van der Waals surface area contributed by atoms with E-state index in [4.69, 9.17) is 4.74 Å². The normalized spacial score (nSPS) is 14.5. The van der Waals surface area contributed by atoms with E-state index in [0.29, 0.717) is 5.69 Å². The molecule has 1 aliphatic rings. The van der Waals surface area contributed by atoms with E-state index in [0.717, 1.165) is 37.4 Å². The first-order chi connectivity index (χ1) is 12.2. The molecule has 0 aromatic heterocycles. The lowest BCUT2D eigenvalue weighted by Gasteiger charge is -2.23. The third-order valence-corrected chi connectivity index (χ3v) is 4.06. The summed E-state index contributed by atoms with van der Waals surface area (Å²) in [6, 6.07) is 13.6. The maximum atomic E-state index is 10.8. The molecule has 2 aromatic carbocycles. The second-order valence-corrected chi connectivity index (χ2v) is 5.82. The number of nitrogens with one attached hydrogen (secondary N) is 2. The van der Waals surface area contributed by atoms with Gasteiger partial charge < -0.3 is 15.4 Å². The molecule has 2 aromatic rings. The highest BCUT2D eigenvalue weighted by Crippen LogP contribution is 2.26. The molecule has 128 valence electrons. The largest absolute Gasteiger partial charge is 0.490 e. The second kappa shape index (κ2) is 7.64. The van der Waals surface area contributed by atoms with Crippen LogP contribution in [0.15, 0.2) is 42.5 Å². The van der Waals surface area contributed by atoms with Crippen molar-refractivity contribution in [2.75, 3.05) is 18.4 Å².